The average Bonchev–Trinajstić information content (AvgIpc) is 2.69. The lowest BCUT2D eigenvalue weighted by atomic mass is 9.77. The summed E-state index contributed by atoms with van der Waals surface area (Å²) in [6.45, 7) is 0. The number of carbonyl (C=O) groups is 2. The molecule has 0 spiro atoms. The van der Waals surface area contributed by atoms with Gasteiger partial charge in [-0.2, -0.15) is 13.2 Å². The molecule has 1 aliphatic carbocycles. The molecule has 156 valence electrons. The van der Waals surface area contributed by atoms with Crippen LogP contribution in [0.3, 0.4) is 0 Å². The molecule has 0 saturated carbocycles. The van der Waals surface area contributed by atoms with E-state index in [9.17, 15) is 27.2 Å². The third kappa shape index (κ3) is 3.62. The third-order valence-electron chi connectivity index (χ3n) is 5.48. The standard InChI is InChI=1S/C22H16ClF4NO2/c23-16-10-14(8-9-17(16)24)28-18-2-1-3-19(29)21(18)15(11-20(28)30)12-4-6-13(7-5-12)22(25,26)27/h4-10,15H,1-3,11H2. The second kappa shape index (κ2) is 7.54. The van der Waals surface area contributed by atoms with E-state index in [1.807, 2.05) is 0 Å². The van der Waals surface area contributed by atoms with Gasteiger partial charge in [-0.25, -0.2) is 4.39 Å². The number of rotatable bonds is 2. The van der Waals surface area contributed by atoms with E-state index in [-0.39, 0.29) is 23.1 Å². The lowest BCUT2D eigenvalue weighted by Crippen LogP contribution is -2.40. The van der Waals surface area contributed by atoms with Gasteiger partial charge in [0.1, 0.15) is 5.82 Å². The first kappa shape index (κ1) is 20.6. The highest BCUT2D eigenvalue weighted by Gasteiger charge is 2.40. The number of carbonyl (C=O) groups excluding carboxylic acids is 2. The molecule has 1 unspecified atom stereocenters. The molecular formula is C22H16ClF4NO2. The van der Waals surface area contributed by atoms with Gasteiger partial charge in [0.05, 0.1) is 16.3 Å². The Morgan fingerprint density at radius 2 is 1.70 bits per heavy atom. The Hall–Kier alpha value is -2.67. The summed E-state index contributed by atoms with van der Waals surface area (Å²) in [6, 6.07) is 8.45. The molecule has 3 nitrogen and oxygen atoms in total. The topological polar surface area (TPSA) is 37.4 Å². The summed E-state index contributed by atoms with van der Waals surface area (Å²) in [5.74, 6) is -1.70. The number of nitrogens with zero attached hydrogens (tertiary/aromatic N) is 1. The molecule has 1 atom stereocenters. The molecular weight excluding hydrogens is 422 g/mol. The zero-order valence-electron chi connectivity index (χ0n) is 15.6. The highest BCUT2D eigenvalue weighted by molar-refractivity contribution is 6.31. The smallest absolute Gasteiger partial charge is 0.294 e. The highest BCUT2D eigenvalue weighted by Crippen LogP contribution is 2.44. The molecule has 4 rings (SSSR count). The van der Waals surface area contributed by atoms with E-state index in [0.29, 0.717) is 41.8 Å². The van der Waals surface area contributed by atoms with Crippen molar-refractivity contribution in [2.75, 3.05) is 4.90 Å². The van der Waals surface area contributed by atoms with Crippen LogP contribution in [0.2, 0.25) is 5.02 Å². The number of hydrogen-bond donors (Lipinski definition) is 0. The number of halogens is 5. The lowest BCUT2D eigenvalue weighted by Gasteiger charge is -2.38. The first-order valence-corrected chi connectivity index (χ1v) is 9.76. The molecule has 0 saturated heterocycles. The fourth-order valence-corrected chi connectivity index (χ4v) is 4.28. The predicted octanol–water partition coefficient (Wildman–Crippen LogP) is 6.03. The van der Waals surface area contributed by atoms with Gasteiger partial charge in [-0.05, 0) is 48.7 Å². The minimum absolute atomic E-state index is 0.0784. The number of Topliss-reactive ketones (excluding diaryl/α,β-unsaturated/α-hetero) is 1. The zero-order chi connectivity index (χ0) is 21.6. The minimum Gasteiger partial charge on any atom is -0.294 e. The quantitative estimate of drug-likeness (QED) is 0.538. The van der Waals surface area contributed by atoms with E-state index >= 15 is 0 Å². The molecule has 0 fully saturated rings. The molecule has 2 aromatic rings. The van der Waals surface area contributed by atoms with Gasteiger partial charge in [-0.1, -0.05) is 23.7 Å². The van der Waals surface area contributed by atoms with E-state index < -0.39 is 23.5 Å². The number of anilines is 1. The fraction of sp³-hybridized carbons (Fsp3) is 0.273. The van der Waals surface area contributed by atoms with Crippen molar-refractivity contribution < 1.29 is 27.2 Å². The molecule has 2 aliphatic rings. The summed E-state index contributed by atoms with van der Waals surface area (Å²) < 4.78 is 52.3. The predicted molar refractivity (Wildman–Crippen MR) is 104 cm³/mol. The van der Waals surface area contributed by atoms with Crippen molar-refractivity contribution in [1.82, 2.24) is 0 Å². The summed E-state index contributed by atoms with van der Waals surface area (Å²) in [6.07, 6.45) is -3.23. The number of hydrogen-bond acceptors (Lipinski definition) is 2. The van der Waals surface area contributed by atoms with Gasteiger partial charge < -0.3 is 0 Å². The molecule has 2 aromatic carbocycles. The molecule has 0 aromatic heterocycles. The van der Waals surface area contributed by atoms with Crippen LogP contribution in [-0.2, 0) is 15.8 Å². The van der Waals surface area contributed by atoms with Gasteiger partial charge >= 0.3 is 6.18 Å². The summed E-state index contributed by atoms with van der Waals surface area (Å²) in [5.41, 5.74) is 0.992. The molecule has 1 amide bonds. The highest BCUT2D eigenvalue weighted by atomic mass is 35.5. The van der Waals surface area contributed by atoms with Crippen LogP contribution in [-0.4, -0.2) is 11.7 Å². The Kier molecular flexibility index (Phi) is 5.18. The van der Waals surface area contributed by atoms with Crippen LogP contribution in [0.5, 0.6) is 0 Å². The minimum atomic E-state index is -4.47. The second-order valence-corrected chi connectivity index (χ2v) is 7.75. The summed E-state index contributed by atoms with van der Waals surface area (Å²) in [4.78, 5) is 27.2. The normalized spacial score (nSPS) is 19.9. The van der Waals surface area contributed by atoms with Crippen LogP contribution in [0.4, 0.5) is 23.2 Å². The van der Waals surface area contributed by atoms with Crippen molar-refractivity contribution in [2.45, 2.75) is 37.8 Å². The van der Waals surface area contributed by atoms with Crippen LogP contribution in [0.25, 0.3) is 0 Å². The van der Waals surface area contributed by atoms with Gasteiger partial charge in [0.25, 0.3) is 0 Å². The van der Waals surface area contributed by atoms with Crippen LogP contribution in [0.1, 0.15) is 42.7 Å². The van der Waals surface area contributed by atoms with Crippen molar-refractivity contribution in [2.24, 2.45) is 0 Å². The Labute approximate surface area is 174 Å². The van der Waals surface area contributed by atoms with E-state index in [1.54, 1.807) is 0 Å². The Balaban J connectivity index is 1.80. The summed E-state index contributed by atoms with van der Waals surface area (Å²) in [5, 5.41) is -0.144. The van der Waals surface area contributed by atoms with Gasteiger partial charge in [0.15, 0.2) is 5.78 Å². The van der Waals surface area contributed by atoms with Crippen molar-refractivity contribution >= 4 is 29.0 Å². The maximum Gasteiger partial charge on any atom is 0.416 e. The van der Waals surface area contributed by atoms with Crippen LogP contribution in [0, 0.1) is 5.82 Å². The van der Waals surface area contributed by atoms with E-state index in [4.69, 9.17) is 11.6 Å². The van der Waals surface area contributed by atoms with Gasteiger partial charge in [-0.3, -0.25) is 14.5 Å². The first-order valence-electron chi connectivity index (χ1n) is 9.38. The van der Waals surface area contributed by atoms with Gasteiger partial charge in [0, 0.05) is 30.0 Å². The zero-order valence-corrected chi connectivity index (χ0v) is 16.4. The van der Waals surface area contributed by atoms with Crippen LogP contribution < -0.4 is 4.90 Å². The van der Waals surface area contributed by atoms with Gasteiger partial charge in [0.2, 0.25) is 5.91 Å². The Bertz CT molecular complexity index is 1060. The average molecular weight is 438 g/mol. The first-order chi connectivity index (χ1) is 14.2. The molecule has 0 N–H and O–H groups in total. The van der Waals surface area contributed by atoms with Gasteiger partial charge in [-0.15, -0.1) is 0 Å². The number of allylic oxidation sites excluding steroid dienone is 2. The number of benzene rings is 2. The van der Waals surface area contributed by atoms with Crippen molar-refractivity contribution in [1.29, 1.82) is 0 Å². The fourth-order valence-electron chi connectivity index (χ4n) is 4.11. The Morgan fingerprint density at radius 3 is 2.33 bits per heavy atom. The molecule has 0 bridgehead atoms. The molecule has 8 heteroatoms. The largest absolute Gasteiger partial charge is 0.416 e. The maximum atomic E-state index is 13.6. The monoisotopic (exact) mass is 437 g/mol. The van der Waals surface area contributed by atoms with E-state index in [1.165, 1.54) is 29.2 Å². The van der Waals surface area contributed by atoms with E-state index in [2.05, 4.69) is 0 Å². The molecule has 0 radical (unpaired) electrons. The second-order valence-electron chi connectivity index (χ2n) is 7.34. The third-order valence-corrected chi connectivity index (χ3v) is 5.77. The van der Waals surface area contributed by atoms with Crippen molar-refractivity contribution in [3.05, 3.63) is 75.7 Å². The summed E-state index contributed by atoms with van der Waals surface area (Å²) in [7, 11) is 0. The van der Waals surface area contributed by atoms with Crippen LogP contribution >= 0.6 is 11.6 Å². The molecule has 1 heterocycles. The maximum absolute atomic E-state index is 13.6. The van der Waals surface area contributed by atoms with E-state index in [0.717, 1.165) is 18.2 Å². The summed E-state index contributed by atoms with van der Waals surface area (Å²) >= 11 is 5.87. The van der Waals surface area contributed by atoms with Crippen molar-refractivity contribution in [3.8, 4) is 0 Å². The number of amides is 1. The lowest BCUT2D eigenvalue weighted by molar-refractivity contribution is -0.137. The SMILES string of the molecule is O=C1CCCC2=C1C(c1ccc(C(F)(F)F)cc1)CC(=O)N2c1ccc(F)c(Cl)c1. The van der Waals surface area contributed by atoms with Crippen LogP contribution in [0.15, 0.2) is 53.7 Å². The van der Waals surface area contributed by atoms with Crippen molar-refractivity contribution in [3.63, 3.8) is 0 Å². The molecule has 30 heavy (non-hydrogen) atoms. The number of ketones is 1. The number of alkyl halides is 3. The molecule has 1 aliphatic heterocycles. The Morgan fingerprint density at radius 1 is 1.00 bits per heavy atom.